The predicted octanol–water partition coefficient (Wildman–Crippen LogP) is -1.15. The molecule has 0 rings (SSSR count). The van der Waals surface area contributed by atoms with E-state index in [1.54, 1.807) is 0 Å². The highest BCUT2D eigenvalue weighted by Crippen LogP contribution is 1.84. The number of carboxylic acid groups (broad SMARTS) is 1. The molecule has 0 aliphatic heterocycles. The predicted molar refractivity (Wildman–Crippen MR) is 40.0 cm³/mol. The van der Waals surface area contributed by atoms with E-state index in [0.717, 1.165) is 0 Å². The fraction of sp³-hybridized carbons (Fsp3) is 0.667. The van der Waals surface area contributed by atoms with E-state index in [1.807, 2.05) is 5.48 Å². The molecule has 0 bridgehead atoms. The van der Waals surface area contributed by atoms with E-state index < -0.39 is 24.0 Å². The number of nitrogens with one attached hydrogen (secondary N) is 1. The van der Waals surface area contributed by atoms with E-state index in [1.165, 1.54) is 13.8 Å². The van der Waals surface area contributed by atoms with Gasteiger partial charge in [0.15, 0.2) is 0 Å². The lowest BCUT2D eigenvalue weighted by Crippen LogP contribution is -2.40. The van der Waals surface area contributed by atoms with Gasteiger partial charge in [-0.3, -0.25) is 4.79 Å². The van der Waals surface area contributed by atoms with Crippen LogP contribution in [-0.4, -0.2) is 29.1 Å². The van der Waals surface area contributed by atoms with E-state index in [2.05, 4.69) is 4.84 Å². The topological polar surface area (TPSA) is 102 Å². The molecule has 0 unspecified atom stereocenters. The maximum atomic E-state index is 10.7. The average molecular weight is 176 g/mol. The quantitative estimate of drug-likeness (QED) is 0.468. The summed E-state index contributed by atoms with van der Waals surface area (Å²) in [6, 6.07) is -1.70. The van der Waals surface area contributed by atoms with Crippen molar-refractivity contribution in [1.29, 1.82) is 0 Å². The lowest BCUT2D eigenvalue weighted by atomic mass is 10.4. The first-order valence-corrected chi connectivity index (χ1v) is 3.39. The van der Waals surface area contributed by atoms with Crippen LogP contribution in [0.2, 0.25) is 0 Å². The molecule has 0 amide bonds. The zero-order valence-electron chi connectivity index (χ0n) is 6.90. The number of hydrogen-bond acceptors (Lipinski definition) is 5. The lowest BCUT2D eigenvalue weighted by Gasteiger charge is -2.10. The molecule has 0 radical (unpaired) electrons. The zero-order chi connectivity index (χ0) is 9.72. The van der Waals surface area contributed by atoms with Crippen LogP contribution in [0.3, 0.4) is 0 Å². The third-order valence-electron chi connectivity index (χ3n) is 1.08. The first-order valence-electron chi connectivity index (χ1n) is 3.39. The van der Waals surface area contributed by atoms with Gasteiger partial charge in [0.1, 0.15) is 12.1 Å². The maximum Gasteiger partial charge on any atom is 0.341 e. The summed E-state index contributed by atoms with van der Waals surface area (Å²) < 4.78 is 0. The largest absolute Gasteiger partial charge is 0.480 e. The minimum Gasteiger partial charge on any atom is -0.480 e. The van der Waals surface area contributed by atoms with Crippen molar-refractivity contribution in [2.24, 2.45) is 5.73 Å². The maximum absolute atomic E-state index is 10.7. The smallest absolute Gasteiger partial charge is 0.341 e. The Morgan fingerprint density at radius 3 is 2.33 bits per heavy atom. The van der Waals surface area contributed by atoms with Crippen molar-refractivity contribution >= 4 is 11.9 Å². The molecule has 0 aromatic carbocycles. The molecule has 2 atom stereocenters. The van der Waals surface area contributed by atoms with E-state index in [9.17, 15) is 9.59 Å². The standard InChI is InChI=1S/C6H12N2O4/c1-3(7)6(11)12-8-4(2)5(9)10/h3-4,8H,7H2,1-2H3,(H,9,10)/t3-,4+/m1/s1. The Balaban J connectivity index is 3.69. The molecule has 0 fully saturated rings. The van der Waals surface area contributed by atoms with Crippen molar-refractivity contribution in [3.63, 3.8) is 0 Å². The van der Waals surface area contributed by atoms with Crippen LogP contribution in [0.25, 0.3) is 0 Å². The van der Waals surface area contributed by atoms with Crippen LogP contribution in [0.5, 0.6) is 0 Å². The van der Waals surface area contributed by atoms with Crippen LogP contribution < -0.4 is 11.2 Å². The number of hydrogen-bond donors (Lipinski definition) is 3. The third-order valence-corrected chi connectivity index (χ3v) is 1.08. The van der Waals surface area contributed by atoms with Gasteiger partial charge in [-0.1, -0.05) is 0 Å². The van der Waals surface area contributed by atoms with Gasteiger partial charge in [0, 0.05) is 0 Å². The molecule has 0 saturated heterocycles. The van der Waals surface area contributed by atoms with E-state index >= 15 is 0 Å². The summed E-state index contributed by atoms with van der Waals surface area (Å²) in [4.78, 5) is 25.2. The average Bonchev–Trinajstić information content (AvgIpc) is 1.98. The summed E-state index contributed by atoms with van der Waals surface area (Å²) in [5, 5.41) is 8.35. The Bertz CT molecular complexity index is 180. The molecule has 0 saturated carbocycles. The molecule has 4 N–H and O–H groups in total. The van der Waals surface area contributed by atoms with Crippen LogP contribution in [-0.2, 0) is 14.4 Å². The second-order valence-electron chi connectivity index (χ2n) is 2.39. The highest BCUT2D eigenvalue weighted by atomic mass is 16.7. The first kappa shape index (κ1) is 10.9. The van der Waals surface area contributed by atoms with Gasteiger partial charge in [0.25, 0.3) is 0 Å². The summed E-state index contributed by atoms with van der Waals surface area (Å²) in [5.41, 5.74) is 7.17. The minimum atomic E-state index is -1.10. The molecule has 70 valence electrons. The number of carbonyl (C=O) groups is 2. The van der Waals surface area contributed by atoms with Gasteiger partial charge in [-0.25, -0.2) is 4.79 Å². The van der Waals surface area contributed by atoms with E-state index in [-0.39, 0.29) is 0 Å². The van der Waals surface area contributed by atoms with Crippen LogP contribution in [0.4, 0.5) is 0 Å². The fourth-order valence-corrected chi connectivity index (χ4v) is 0.290. The second-order valence-corrected chi connectivity index (χ2v) is 2.39. The Hall–Kier alpha value is -1.14. The summed E-state index contributed by atoms with van der Waals surface area (Å²) in [7, 11) is 0. The number of rotatable bonds is 4. The van der Waals surface area contributed by atoms with Gasteiger partial charge < -0.3 is 15.7 Å². The molecular formula is C6H12N2O4. The van der Waals surface area contributed by atoms with Gasteiger partial charge in [-0.05, 0) is 13.8 Å². The summed E-state index contributed by atoms with van der Waals surface area (Å²) in [6.07, 6.45) is 0. The number of carboxylic acids is 1. The number of carbonyl (C=O) groups excluding carboxylic acids is 1. The molecule has 0 aliphatic carbocycles. The first-order chi connectivity index (χ1) is 5.45. The van der Waals surface area contributed by atoms with E-state index in [0.29, 0.717) is 0 Å². The van der Waals surface area contributed by atoms with Crippen molar-refractivity contribution in [3.8, 4) is 0 Å². The monoisotopic (exact) mass is 176 g/mol. The highest BCUT2D eigenvalue weighted by molar-refractivity contribution is 5.76. The Morgan fingerprint density at radius 1 is 1.50 bits per heavy atom. The molecule has 12 heavy (non-hydrogen) atoms. The van der Waals surface area contributed by atoms with E-state index in [4.69, 9.17) is 10.8 Å². The summed E-state index contributed by atoms with van der Waals surface area (Å²) in [5.74, 6) is -1.80. The summed E-state index contributed by atoms with van der Waals surface area (Å²) >= 11 is 0. The second kappa shape index (κ2) is 4.68. The van der Waals surface area contributed by atoms with Crippen molar-refractivity contribution < 1.29 is 19.5 Å². The molecular weight excluding hydrogens is 164 g/mol. The van der Waals surface area contributed by atoms with Gasteiger partial charge >= 0.3 is 11.9 Å². The lowest BCUT2D eigenvalue weighted by molar-refractivity contribution is -0.158. The van der Waals surface area contributed by atoms with Gasteiger partial charge in [0.05, 0.1) is 0 Å². The Kier molecular flexibility index (Phi) is 4.24. The number of nitrogens with two attached hydrogens (primary N) is 1. The van der Waals surface area contributed by atoms with Crippen molar-refractivity contribution in [2.45, 2.75) is 25.9 Å². The van der Waals surface area contributed by atoms with Crippen LogP contribution >= 0.6 is 0 Å². The van der Waals surface area contributed by atoms with Gasteiger partial charge in [0.2, 0.25) is 0 Å². The zero-order valence-corrected chi connectivity index (χ0v) is 6.90. The van der Waals surface area contributed by atoms with Crippen molar-refractivity contribution in [2.75, 3.05) is 0 Å². The molecule has 0 spiro atoms. The molecule has 6 heteroatoms. The van der Waals surface area contributed by atoms with Crippen LogP contribution in [0.15, 0.2) is 0 Å². The van der Waals surface area contributed by atoms with Crippen LogP contribution in [0.1, 0.15) is 13.8 Å². The normalized spacial score (nSPS) is 14.9. The summed E-state index contributed by atoms with van der Waals surface area (Å²) in [6.45, 7) is 2.78. The minimum absolute atomic E-state index is 0.692. The van der Waals surface area contributed by atoms with Crippen molar-refractivity contribution in [3.05, 3.63) is 0 Å². The third kappa shape index (κ3) is 3.89. The molecule has 0 heterocycles. The van der Waals surface area contributed by atoms with Crippen molar-refractivity contribution in [1.82, 2.24) is 5.48 Å². The van der Waals surface area contributed by atoms with Gasteiger partial charge in [-0.15, -0.1) is 5.48 Å². The fourth-order valence-electron chi connectivity index (χ4n) is 0.290. The number of hydroxylamine groups is 1. The molecule has 0 aromatic rings. The molecule has 0 aliphatic rings. The molecule has 6 nitrogen and oxygen atoms in total. The molecule has 0 aromatic heterocycles. The van der Waals surface area contributed by atoms with Gasteiger partial charge in [-0.2, -0.15) is 0 Å². The Morgan fingerprint density at radius 2 is 2.00 bits per heavy atom. The van der Waals surface area contributed by atoms with Crippen LogP contribution in [0, 0.1) is 0 Å². The Labute approximate surface area is 69.6 Å². The highest BCUT2D eigenvalue weighted by Gasteiger charge is 2.14. The SMILES string of the molecule is C[C@H](NOC(=O)[C@@H](C)N)C(=O)O. The number of aliphatic carboxylic acids is 1.